The Balaban J connectivity index is 1.53. The first-order valence-electron chi connectivity index (χ1n) is 10.5. The second-order valence-electron chi connectivity index (χ2n) is 8.00. The minimum atomic E-state index is 0.606. The Morgan fingerprint density at radius 1 is 1.17 bits per heavy atom. The zero-order valence-corrected chi connectivity index (χ0v) is 16.7. The normalized spacial score (nSPS) is 18.0. The molecule has 5 rings (SSSR count). The summed E-state index contributed by atoms with van der Waals surface area (Å²) < 4.78 is 5.45. The van der Waals surface area contributed by atoms with E-state index in [0.29, 0.717) is 11.7 Å². The van der Waals surface area contributed by atoms with Gasteiger partial charge in [0, 0.05) is 34.8 Å². The van der Waals surface area contributed by atoms with Crippen molar-refractivity contribution in [2.75, 3.05) is 7.11 Å². The van der Waals surface area contributed by atoms with Crippen LogP contribution < -0.4 is 4.74 Å². The second-order valence-corrected chi connectivity index (χ2v) is 8.00. The second kappa shape index (κ2) is 7.81. The fourth-order valence-corrected chi connectivity index (χ4v) is 4.71. The van der Waals surface area contributed by atoms with Crippen molar-refractivity contribution in [1.82, 2.24) is 25.6 Å². The van der Waals surface area contributed by atoms with Crippen molar-refractivity contribution >= 4 is 22.3 Å². The van der Waals surface area contributed by atoms with Crippen LogP contribution in [-0.4, -0.2) is 38.4 Å². The van der Waals surface area contributed by atoms with Crippen LogP contribution in [0.15, 0.2) is 29.3 Å². The topological polar surface area (TPSA) is 91.8 Å². The lowest BCUT2D eigenvalue weighted by molar-refractivity contribution is 0.415. The van der Waals surface area contributed by atoms with Gasteiger partial charge in [-0.1, -0.05) is 25.3 Å². The number of methoxy groups -OCH3 is 1. The first-order chi connectivity index (χ1) is 14.3. The Labute approximate surface area is 169 Å². The van der Waals surface area contributed by atoms with E-state index >= 15 is 0 Å². The number of benzene rings is 1. The summed E-state index contributed by atoms with van der Waals surface area (Å²) in [6.07, 6.45) is 11.4. The van der Waals surface area contributed by atoms with Crippen LogP contribution in [0.3, 0.4) is 0 Å². The van der Waals surface area contributed by atoms with Gasteiger partial charge in [0.15, 0.2) is 5.82 Å². The summed E-state index contributed by atoms with van der Waals surface area (Å²) >= 11 is 0. The van der Waals surface area contributed by atoms with E-state index < -0.39 is 0 Å². The van der Waals surface area contributed by atoms with Crippen molar-refractivity contribution < 1.29 is 4.74 Å². The molecule has 0 saturated heterocycles. The van der Waals surface area contributed by atoms with Gasteiger partial charge < -0.3 is 9.72 Å². The Bertz CT molecular complexity index is 1060. The number of rotatable bonds is 5. The Kier molecular flexibility index (Phi) is 4.87. The van der Waals surface area contributed by atoms with E-state index in [9.17, 15) is 0 Å². The van der Waals surface area contributed by atoms with Crippen molar-refractivity contribution in [3.63, 3.8) is 0 Å². The smallest absolute Gasteiger partial charge is 0.197 e. The van der Waals surface area contributed by atoms with Crippen LogP contribution in [0.1, 0.15) is 67.9 Å². The molecule has 2 N–H and O–H groups in total. The quantitative estimate of drug-likeness (QED) is 0.668. The van der Waals surface area contributed by atoms with Crippen molar-refractivity contribution in [3.8, 4) is 5.75 Å². The Hall–Kier alpha value is -2.96. The number of aliphatic imine (C=N–C) groups is 1. The maximum Gasteiger partial charge on any atom is 0.197 e. The highest BCUT2D eigenvalue weighted by molar-refractivity contribution is 5.97. The van der Waals surface area contributed by atoms with Gasteiger partial charge in [-0.3, -0.25) is 4.99 Å². The number of hydrogen-bond acceptors (Lipinski definition) is 5. The molecule has 150 valence electrons. The molecule has 3 aromatic rings. The van der Waals surface area contributed by atoms with E-state index in [1.807, 2.05) is 0 Å². The van der Waals surface area contributed by atoms with Crippen molar-refractivity contribution in [1.29, 1.82) is 0 Å². The molecule has 0 bridgehead atoms. The summed E-state index contributed by atoms with van der Waals surface area (Å²) in [7, 11) is 1.72. The fourth-order valence-electron chi connectivity index (χ4n) is 4.71. The average molecular weight is 390 g/mol. The average Bonchev–Trinajstić information content (AvgIpc) is 3.43. The van der Waals surface area contributed by atoms with Gasteiger partial charge in [0.1, 0.15) is 11.4 Å². The molecular weight excluding hydrogens is 364 g/mol. The van der Waals surface area contributed by atoms with Crippen LogP contribution in [-0.2, 0) is 6.42 Å². The highest BCUT2D eigenvalue weighted by Crippen LogP contribution is 2.38. The van der Waals surface area contributed by atoms with Gasteiger partial charge in [-0.25, -0.2) is 5.10 Å². The summed E-state index contributed by atoms with van der Waals surface area (Å²) in [4.78, 5) is 8.64. The van der Waals surface area contributed by atoms with E-state index in [1.54, 1.807) is 7.11 Å². The lowest BCUT2D eigenvalue weighted by Gasteiger charge is -2.22. The van der Waals surface area contributed by atoms with Gasteiger partial charge in [-0.2, -0.15) is 0 Å². The first-order valence-corrected chi connectivity index (χ1v) is 10.5. The Morgan fingerprint density at radius 2 is 2.07 bits per heavy atom. The van der Waals surface area contributed by atoms with Crippen molar-refractivity contribution in [2.24, 2.45) is 4.99 Å². The van der Waals surface area contributed by atoms with Crippen LogP contribution >= 0.6 is 0 Å². The third-order valence-corrected chi connectivity index (χ3v) is 6.18. The number of aromatic amines is 2. The van der Waals surface area contributed by atoms with E-state index in [-0.39, 0.29) is 0 Å². The summed E-state index contributed by atoms with van der Waals surface area (Å²) in [5.74, 6) is 2.13. The largest absolute Gasteiger partial charge is 0.497 e. The highest BCUT2D eigenvalue weighted by atomic mass is 16.5. The Morgan fingerprint density at radius 3 is 2.86 bits per heavy atom. The molecule has 0 spiro atoms. The summed E-state index contributed by atoms with van der Waals surface area (Å²) in [6.45, 7) is 0. The number of H-pyrrole nitrogens is 2. The molecule has 29 heavy (non-hydrogen) atoms. The number of tetrazole rings is 1. The molecule has 3 heterocycles. The van der Waals surface area contributed by atoms with E-state index in [1.165, 1.54) is 54.5 Å². The van der Waals surface area contributed by atoms with Gasteiger partial charge >= 0.3 is 0 Å². The zero-order chi connectivity index (χ0) is 19.6. The zero-order valence-electron chi connectivity index (χ0n) is 16.7. The molecule has 1 aromatic carbocycles. The number of fused-ring (bicyclic) bond motifs is 1. The number of nitrogens with zero attached hydrogens (tertiary/aromatic N) is 4. The van der Waals surface area contributed by atoms with Crippen LogP contribution in [0.5, 0.6) is 5.75 Å². The van der Waals surface area contributed by atoms with Gasteiger partial charge in [-0.15, -0.1) is 5.10 Å². The molecule has 2 aliphatic rings. The number of aromatic nitrogens is 5. The summed E-state index contributed by atoms with van der Waals surface area (Å²) in [5, 5.41) is 15.5. The molecule has 0 radical (unpaired) electrons. The molecule has 0 atom stereocenters. The molecule has 1 aliphatic carbocycles. The van der Waals surface area contributed by atoms with Gasteiger partial charge in [0.05, 0.1) is 7.11 Å². The van der Waals surface area contributed by atoms with Crippen molar-refractivity contribution in [3.05, 3.63) is 41.4 Å². The van der Waals surface area contributed by atoms with Crippen LogP contribution in [0, 0.1) is 0 Å². The maximum absolute atomic E-state index is 5.45. The maximum atomic E-state index is 5.45. The van der Waals surface area contributed by atoms with Crippen LogP contribution in [0.4, 0.5) is 0 Å². The molecule has 1 saturated carbocycles. The fraction of sp³-hybridized carbons (Fsp3) is 0.455. The van der Waals surface area contributed by atoms with Gasteiger partial charge in [0.25, 0.3) is 0 Å². The number of ether oxygens (including phenoxy) is 1. The molecule has 7 nitrogen and oxygen atoms in total. The molecular formula is C22H26N6O. The molecule has 1 aliphatic heterocycles. The minimum absolute atomic E-state index is 0.606. The third-order valence-electron chi connectivity index (χ3n) is 6.18. The van der Waals surface area contributed by atoms with Crippen molar-refractivity contribution in [2.45, 2.75) is 57.3 Å². The number of nitrogens with one attached hydrogen (secondary N) is 2. The molecule has 7 heteroatoms. The van der Waals surface area contributed by atoms with Crippen LogP contribution in [0.25, 0.3) is 16.6 Å². The summed E-state index contributed by atoms with van der Waals surface area (Å²) in [6, 6.07) is 6.35. The molecule has 0 unspecified atom stereocenters. The van der Waals surface area contributed by atoms with E-state index in [2.05, 4.69) is 49.9 Å². The SMILES string of the molecule is COc1ccc2c(CC3=NC(c4nnn[nH]4)=CCC3)c(C3CCCCC3)[nH]c2c1. The number of allylic oxidation sites excluding steroid dienone is 1. The molecule has 1 fully saturated rings. The molecule has 0 amide bonds. The lowest BCUT2D eigenvalue weighted by atomic mass is 9.84. The molecule has 2 aromatic heterocycles. The number of hydrogen-bond donors (Lipinski definition) is 2. The standard InChI is InChI=1S/C22H26N6O/c1-29-16-10-11-17-18(21(24-20(17)13-16)14-6-3-2-4-7-14)12-15-8-5-9-19(23-15)22-25-27-28-26-22/h9-11,13-14,24H,2-8,12H2,1H3,(H,25,26,27,28). The predicted molar refractivity (Wildman–Crippen MR) is 113 cm³/mol. The van der Waals surface area contributed by atoms with Crippen LogP contribution in [0.2, 0.25) is 0 Å². The monoisotopic (exact) mass is 390 g/mol. The minimum Gasteiger partial charge on any atom is -0.497 e. The summed E-state index contributed by atoms with van der Waals surface area (Å²) in [5.41, 5.74) is 5.98. The van der Waals surface area contributed by atoms with E-state index in [0.717, 1.165) is 36.2 Å². The first kappa shape index (κ1) is 18.1. The van der Waals surface area contributed by atoms with Gasteiger partial charge in [-0.05, 0) is 59.7 Å². The third kappa shape index (κ3) is 3.57. The van der Waals surface area contributed by atoms with E-state index in [4.69, 9.17) is 9.73 Å². The lowest BCUT2D eigenvalue weighted by Crippen LogP contribution is -2.12. The predicted octanol–water partition coefficient (Wildman–Crippen LogP) is 4.56. The van der Waals surface area contributed by atoms with Gasteiger partial charge in [0.2, 0.25) is 0 Å². The highest BCUT2D eigenvalue weighted by Gasteiger charge is 2.24.